The average Bonchev–Trinajstić information content (AvgIpc) is 2.29. The maximum absolute atomic E-state index is 10.8. The minimum atomic E-state index is -0.954. The molecule has 90 valence electrons. The molecule has 0 saturated heterocycles. The first-order valence-corrected chi connectivity index (χ1v) is 5.56. The lowest BCUT2D eigenvalue weighted by Gasteiger charge is -2.10. The van der Waals surface area contributed by atoms with Crippen LogP contribution in [0.5, 0.6) is 5.75 Å². The van der Waals surface area contributed by atoms with Crippen molar-refractivity contribution in [1.29, 1.82) is 0 Å². The molecule has 3 heteroatoms. The van der Waals surface area contributed by atoms with E-state index in [-0.39, 0.29) is 5.56 Å². The highest BCUT2D eigenvalue weighted by Crippen LogP contribution is 2.18. The number of aromatic carboxylic acids is 1. The molecule has 1 aromatic carbocycles. The van der Waals surface area contributed by atoms with Crippen LogP contribution in [-0.4, -0.2) is 17.7 Å². The minimum absolute atomic E-state index is 0.216. The van der Waals surface area contributed by atoms with Crippen LogP contribution in [0.15, 0.2) is 24.3 Å². The van der Waals surface area contributed by atoms with Crippen LogP contribution >= 0.6 is 0 Å². The number of carboxylic acid groups (broad SMARTS) is 1. The van der Waals surface area contributed by atoms with Gasteiger partial charge in [0.05, 0.1) is 6.61 Å². The van der Waals surface area contributed by atoms with Crippen molar-refractivity contribution >= 4 is 5.97 Å². The van der Waals surface area contributed by atoms with Crippen molar-refractivity contribution in [2.45, 2.75) is 27.7 Å². The summed E-state index contributed by atoms with van der Waals surface area (Å²) in [4.78, 5) is 10.8. The predicted octanol–water partition coefficient (Wildman–Crippen LogP) is 3.45. The molecule has 0 heterocycles. The Morgan fingerprint density at radius 2 is 1.88 bits per heavy atom. The second-order valence-corrected chi connectivity index (χ2v) is 3.51. The van der Waals surface area contributed by atoms with E-state index in [0.29, 0.717) is 18.3 Å². The third-order valence-electron chi connectivity index (χ3n) is 1.69. The van der Waals surface area contributed by atoms with Crippen LogP contribution in [0.3, 0.4) is 0 Å². The Kier molecular flexibility index (Phi) is 7.01. The molecule has 0 atom stereocenters. The maximum atomic E-state index is 10.8. The van der Waals surface area contributed by atoms with Crippen LogP contribution < -0.4 is 4.74 Å². The lowest BCUT2D eigenvalue weighted by atomic mass is 10.2. The Morgan fingerprint density at radius 3 is 2.38 bits per heavy atom. The first-order valence-electron chi connectivity index (χ1n) is 5.56. The summed E-state index contributed by atoms with van der Waals surface area (Å²) >= 11 is 0. The average molecular weight is 224 g/mol. The van der Waals surface area contributed by atoms with Crippen molar-refractivity contribution in [1.82, 2.24) is 0 Å². The summed E-state index contributed by atoms with van der Waals surface area (Å²) in [5.74, 6) is -0.130. The van der Waals surface area contributed by atoms with Gasteiger partial charge in [-0.15, -0.1) is 0 Å². The van der Waals surface area contributed by atoms with E-state index in [9.17, 15) is 4.79 Å². The van der Waals surface area contributed by atoms with Crippen LogP contribution in [0.1, 0.15) is 38.1 Å². The fourth-order valence-corrected chi connectivity index (χ4v) is 1.03. The van der Waals surface area contributed by atoms with Gasteiger partial charge in [0.15, 0.2) is 0 Å². The summed E-state index contributed by atoms with van der Waals surface area (Å²) in [7, 11) is 0. The van der Waals surface area contributed by atoms with Gasteiger partial charge in [0.25, 0.3) is 0 Å². The van der Waals surface area contributed by atoms with Gasteiger partial charge in [0.1, 0.15) is 11.3 Å². The molecular formula is C13H20O3. The highest BCUT2D eigenvalue weighted by atomic mass is 16.5. The zero-order valence-electron chi connectivity index (χ0n) is 10.4. The second-order valence-electron chi connectivity index (χ2n) is 3.51. The number of hydrogen-bond donors (Lipinski definition) is 1. The van der Waals surface area contributed by atoms with Gasteiger partial charge in [-0.1, -0.05) is 39.8 Å². The zero-order chi connectivity index (χ0) is 12.6. The van der Waals surface area contributed by atoms with E-state index < -0.39 is 5.97 Å². The number of hydrogen-bond acceptors (Lipinski definition) is 2. The first-order chi connectivity index (χ1) is 7.61. The van der Waals surface area contributed by atoms with Crippen molar-refractivity contribution in [2.24, 2.45) is 5.92 Å². The molecule has 0 unspecified atom stereocenters. The summed E-state index contributed by atoms with van der Waals surface area (Å²) in [6, 6.07) is 6.66. The van der Waals surface area contributed by atoms with Gasteiger partial charge in [-0.2, -0.15) is 0 Å². The lowest BCUT2D eigenvalue weighted by Crippen LogP contribution is -2.08. The van der Waals surface area contributed by atoms with Crippen molar-refractivity contribution in [3.63, 3.8) is 0 Å². The molecule has 1 N–H and O–H groups in total. The van der Waals surface area contributed by atoms with Gasteiger partial charge in [-0.3, -0.25) is 0 Å². The Labute approximate surface area is 97.1 Å². The molecule has 0 saturated carbocycles. The summed E-state index contributed by atoms with van der Waals surface area (Å²) < 4.78 is 5.38. The van der Waals surface area contributed by atoms with Crippen molar-refractivity contribution in [2.75, 3.05) is 6.61 Å². The van der Waals surface area contributed by atoms with Gasteiger partial charge >= 0.3 is 5.97 Å². The van der Waals surface area contributed by atoms with E-state index in [1.54, 1.807) is 18.2 Å². The molecule has 0 fully saturated rings. The molecule has 3 nitrogen and oxygen atoms in total. The molecule has 1 aromatic rings. The molecule has 16 heavy (non-hydrogen) atoms. The largest absolute Gasteiger partial charge is 0.492 e. The van der Waals surface area contributed by atoms with Crippen molar-refractivity contribution in [3.8, 4) is 5.75 Å². The minimum Gasteiger partial charge on any atom is -0.492 e. The fraction of sp³-hybridized carbons (Fsp3) is 0.462. The van der Waals surface area contributed by atoms with Gasteiger partial charge < -0.3 is 9.84 Å². The van der Waals surface area contributed by atoms with Crippen molar-refractivity contribution in [3.05, 3.63) is 29.8 Å². The van der Waals surface area contributed by atoms with Crippen LogP contribution in [0, 0.1) is 5.92 Å². The molecule has 0 aliphatic rings. The van der Waals surface area contributed by atoms with Crippen LogP contribution in [-0.2, 0) is 0 Å². The summed E-state index contributed by atoms with van der Waals surface area (Å²) in [6.07, 6.45) is 0. The maximum Gasteiger partial charge on any atom is 0.339 e. The Morgan fingerprint density at radius 1 is 1.31 bits per heavy atom. The highest BCUT2D eigenvalue weighted by molar-refractivity contribution is 5.90. The number of benzene rings is 1. The molecule has 1 rings (SSSR count). The highest BCUT2D eigenvalue weighted by Gasteiger charge is 2.09. The monoisotopic (exact) mass is 224 g/mol. The molecule has 0 aliphatic carbocycles. The van der Waals surface area contributed by atoms with Crippen LogP contribution in [0.4, 0.5) is 0 Å². The fourth-order valence-electron chi connectivity index (χ4n) is 1.03. The second kappa shape index (κ2) is 7.74. The quantitative estimate of drug-likeness (QED) is 0.852. The normalized spacial score (nSPS) is 9.31. The molecule has 0 radical (unpaired) electrons. The van der Waals surface area contributed by atoms with E-state index in [1.165, 1.54) is 6.07 Å². The van der Waals surface area contributed by atoms with Gasteiger partial charge in [-0.05, 0) is 18.1 Å². The molecule has 0 amide bonds. The van der Waals surface area contributed by atoms with E-state index in [2.05, 4.69) is 0 Å². The summed E-state index contributed by atoms with van der Waals surface area (Å²) in [5, 5.41) is 8.85. The van der Waals surface area contributed by atoms with E-state index in [1.807, 2.05) is 27.7 Å². The van der Waals surface area contributed by atoms with Crippen LogP contribution in [0.2, 0.25) is 0 Å². The SMILES string of the molecule is CC.CC(C)COc1ccccc1C(=O)O. The molecular weight excluding hydrogens is 204 g/mol. The molecule has 0 aliphatic heterocycles. The molecule has 0 bridgehead atoms. The number of para-hydroxylation sites is 1. The van der Waals surface area contributed by atoms with E-state index in [4.69, 9.17) is 9.84 Å². The van der Waals surface area contributed by atoms with Gasteiger partial charge in [0.2, 0.25) is 0 Å². The smallest absolute Gasteiger partial charge is 0.339 e. The standard InChI is InChI=1S/C11H14O3.C2H6/c1-8(2)7-14-10-6-4-3-5-9(10)11(12)13;1-2/h3-6,8H,7H2,1-2H3,(H,12,13);1-2H3. The van der Waals surface area contributed by atoms with Crippen molar-refractivity contribution < 1.29 is 14.6 Å². The third kappa shape index (κ3) is 4.82. The van der Waals surface area contributed by atoms with Crippen LogP contribution in [0.25, 0.3) is 0 Å². The number of carboxylic acids is 1. The zero-order valence-corrected chi connectivity index (χ0v) is 10.4. The topological polar surface area (TPSA) is 46.5 Å². The Hall–Kier alpha value is -1.51. The lowest BCUT2D eigenvalue weighted by molar-refractivity contribution is 0.0691. The van der Waals surface area contributed by atoms with Gasteiger partial charge in [-0.25, -0.2) is 4.79 Å². The third-order valence-corrected chi connectivity index (χ3v) is 1.69. The van der Waals surface area contributed by atoms with E-state index in [0.717, 1.165) is 0 Å². The van der Waals surface area contributed by atoms with E-state index >= 15 is 0 Å². The molecule has 0 aromatic heterocycles. The summed E-state index contributed by atoms with van der Waals surface area (Å²) in [5.41, 5.74) is 0.216. The summed E-state index contributed by atoms with van der Waals surface area (Å²) in [6.45, 7) is 8.57. The Balaban J connectivity index is 0.00000106. The predicted molar refractivity (Wildman–Crippen MR) is 65.1 cm³/mol. The van der Waals surface area contributed by atoms with Gasteiger partial charge in [0, 0.05) is 0 Å². The first kappa shape index (κ1) is 14.5. The number of rotatable bonds is 4. The number of ether oxygens (including phenoxy) is 1. The number of carbonyl (C=O) groups is 1. The molecule has 0 spiro atoms. The Bertz CT molecular complexity index is 319.